The van der Waals surface area contributed by atoms with Gasteiger partial charge in [-0.3, -0.25) is 9.69 Å². The zero-order valence-corrected chi connectivity index (χ0v) is 19.0. The molecule has 0 N–H and O–H groups in total. The Morgan fingerprint density at radius 2 is 1.68 bits per heavy atom. The lowest BCUT2D eigenvalue weighted by Crippen LogP contribution is -2.25. The first kappa shape index (κ1) is 21.4. The summed E-state index contributed by atoms with van der Waals surface area (Å²) in [6.45, 7) is 4.39. The zero-order chi connectivity index (χ0) is 22.0. The first-order valence-corrected chi connectivity index (χ1v) is 11.1. The maximum atomic E-state index is 13.5. The van der Waals surface area contributed by atoms with Gasteiger partial charge in [-0.05, 0) is 65.4 Å². The number of benzene rings is 3. The van der Waals surface area contributed by atoms with Crippen LogP contribution >= 0.6 is 23.2 Å². The Balaban J connectivity index is 1.78. The highest BCUT2D eigenvalue weighted by molar-refractivity contribution is 6.35. The van der Waals surface area contributed by atoms with E-state index >= 15 is 0 Å². The second-order valence-corrected chi connectivity index (χ2v) is 8.55. The predicted molar refractivity (Wildman–Crippen MR) is 131 cm³/mol. The van der Waals surface area contributed by atoms with Crippen LogP contribution in [0.4, 0.5) is 5.69 Å². The van der Waals surface area contributed by atoms with Gasteiger partial charge in [-0.25, -0.2) is 0 Å². The molecule has 4 rings (SSSR count). The quantitative estimate of drug-likeness (QED) is 0.363. The molecule has 1 aliphatic heterocycles. The Morgan fingerprint density at radius 1 is 0.968 bits per heavy atom. The molecule has 0 spiro atoms. The molecule has 2 nitrogen and oxygen atoms in total. The fourth-order valence-electron chi connectivity index (χ4n) is 3.67. The minimum atomic E-state index is -0.0823. The van der Waals surface area contributed by atoms with E-state index in [4.69, 9.17) is 23.2 Å². The van der Waals surface area contributed by atoms with Gasteiger partial charge in [-0.2, -0.15) is 0 Å². The summed E-state index contributed by atoms with van der Waals surface area (Å²) in [5.41, 5.74) is 5.27. The number of anilines is 1. The van der Waals surface area contributed by atoms with Crippen LogP contribution in [0.15, 0.2) is 84.4 Å². The minimum absolute atomic E-state index is 0.0823. The Labute approximate surface area is 193 Å². The lowest BCUT2D eigenvalue weighted by Gasteiger charge is -2.21. The summed E-state index contributed by atoms with van der Waals surface area (Å²) in [7, 11) is 0. The van der Waals surface area contributed by atoms with Crippen LogP contribution in [0.5, 0.6) is 0 Å². The van der Waals surface area contributed by atoms with E-state index in [2.05, 4.69) is 26.0 Å². The highest BCUT2D eigenvalue weighted by Crippen LogP contribution is 2.36. The lowest BCUT2D eigenvalue weighted by atomic mass is 9.98. The van der Waals surface area contributed by atoms with E-state index in [0.717, 1.165) is 28.9 Å². The average Bonchev–Trinajstić information content (AvgIpc) is 3.12. The molecule has 31 heavy (non-hydrogen) atoms. The van der Waals surface area contributed by atoms with Crippen molar-refractivity contribution in [2.24, 2.45) is 0 Å². The molecule has 0 saturated carbocycles. The average molecular weight is 448 g/mol. The Hall–Kier alpha value is -2.81. The van der Waals surface area contributed by atoms with Crippen molar-refractivity contribution in [2.75, 3.05) is 4.90 Å². The third-order valence-corrected chi connectivity index (χ3v) is 6.22. The molecule has 3 aromatic rings. The first-order chi connectivity index (χ1) is 15.0. The van der Waals surface area contributed by atoms with E-state index in [1.165, 1.54) is 5.56 Å². The number of carbonyl (C=O) groups is 1. The van der Waals surface area contributed by atoms with Crippen LogP contribution in [0.1, 0.15) is 42.9 Å². The van der Waals surface area contributed by atoms with E-state index in [-0.39, 0.29) is 5.91 Å². The molecule has 3 aromatic carbocycles. The van der Waals surface area contributed by atoms with Gasteiger partial charge in [0.1, 0.15) is 0 Å². The molecule has 0 fully saturated rings. The van der Waals surface area contributed by atoms with Gasteiger partial charge >= 0.3 is 0 Å². The number of amides is 1. The molecule has 4 heteroatoms. The van der Waals surface area contributed by atoms with Crippen LogP contribution in [0.3, 0.4) is 0 Å². The summed E-state index contributed by atoms with van der Waals surface area (Å²) in [4.78, 5) is 15.3. The van der Waals surface area contributed by atoms with Gasteiger partial charge in [0.25, 0.3) is 5.91 Å². The molecule has 0 aromatic heterocycles. The van der Waals surface area contributed by atoms with E-state index in [0.29, 0.717) is 21.5 Å². The zero-order valence-electron chi connectivity index (χ0n) is 17.5. The summed E-state index contributed by atoms with van der Waals surface area (Å²) < 4.78 is 0. The number of nitrogens with zero attached hydrogens (tertiary/aromatic N) is 1. The van der Waals surface area contributed by atoms with Gasteiger partial charge in [0.05, 0.1) is 5.70 Å². The molecule has 0 unspecified atom stereocenters. The predicted octanol–water partition coefficient (Wildman–Crippen LogP) is 7.98. The number of hydrogen-bond donors (Lipinski definition) is 0. The fourth-order valence-corrected chi connectivity index (χ4v) is 4.13. The largest absolute Gasteiger partial charge is 0.276 e. The summed E-state index contributed by atoms with van der Waals surface area (Å²) >= 11 is 12.4. The molecule has 0 radical (unpaired) electrons. The normalized spacial score (nSPS) is 16.0. The topological polar surface area (TPSA) is 20.3 Å². The highest BCUT2D eigenvalue weighted by atomic mass is 35.5. The molecule has 0 saturated heterocycles. The lowest BCUT2D eigenvalue weighted by molar-refractivity contribution is -0.113. The van der Waals surface area contributed by atoms with Gasteiger partial charge in [0.2, 0.25) is 0 Å². The van der Waals surface area contributed by atoms with Gasteiger partial charge in [-0.15, -0.1) is 0 Å². The smallest absolute Gasteiger partial charge is 0.262 e. The van der Waals surface area contributed by atoms with Crippen molar-refractivity contribution in [2.45, 2.75) is 26.2 Å². The van der Waals surface area contributed by atoms with Gasteiger partial charge in [0.15, 0.2) is 0 Å². The van der Waals surface area contributed by atoms with Crippen molar-refractivity contribution in [3.05, 3.63) is 111 Å². The summed E-state index contributed by atoms with van der Waals surface area (Å²) in [5.74, 6) is 0.399. The Morgan fingerprint density at radius 3 is 2.32 bits per heavy atom. The summed E-state index contributed by atoms with van der Waals surface area (Å²) in [5, 5.41) is 1.08. The molecular weight excluding hydrogens is 425 g/mol. The first-order valence-electron chi connectivity index (χ1n) is 10.4. The van der Waals surface area contributed by atoms with E-state index in [1.807, 2.05) is 60.7 Å². The van der Waals surface area contributed by atoms with Crippen molar-refractivity contribution < 1.29 is 4.79 Å². The third-order valence-electron chi connectivity index (χ3n) is 5.66. The number of hydrogen-bond acceptors (Lipinski definition) is 1. The van der Waals surface area contributed by atoms with Gasteiger partial charge < -0.3 is 0 Å². The van der Waals surface area contributed by atoms with E-state index < -0.39 is 0 Å². The maximum Gasteiger partial charge on any atom is 0.262 e. The highest BCUT2D eigenvalue weighted by Gasteiger charge is 2.30. The van der Waals surface area contributed by atoms with E-state index in [9.17, 15) is 4.79 Å². The molecule has 1 heterocycles. The molecule has 1 atom stereocenters. The van der Waals surface area contributed by atoms with Crippen LogP contribution in [0.2, 0.25) is 10.0 Å². The second kappa shape index (κ2) is 9.13. The molecular formula is C27H23Cl2NO. The molecule has 1 amide bonds. The van der Waals surface area contributed by atoms with Crippen LogP contribution < -0.4 is 4.90 Å². The van der Waals surface area contributed by atoms with Crippen molar-refractivity contribution in [3.63, 3.8) is 0 Å². The SMILES string of the molecule is CC[C@@H](C)c1ccc(N2C(=O)/C(=C/c3ccc(Cl)cc3Cl)C=C2c2ccccc2)cc1. The molecule has 0 aliphatic carbocycles. The van der Waals surface area contributed by atoms with Crippen LogP contribution in [0.25, 0.3) is 11.8 Å². The second-order valence-electron chi connectivity index (χ2n) is 7.70. The third kappa shape index (κ3) is 4.46. The fraction of sp³-hybridized carbons (Fsp3) is 0.148. The standard InChI is InChI=1S/C27H23Cl2NO/c1-3-18(2)19-10-13-24(14-11-19)30-26(20-7-5-4-6-8-20)16-22(27(30)31)15-21-9-12-23(28)17-25(21)29/h4-18H,3H2,1-2H3/b22-15+/t18-/m1/s1. The maximum absolute atomic E-state index is 13.5. The Kier molecular flexibility index (Phi) is 6.31. The van der Waals surface area contributed by atoms with Crippen molar-refractivity contribution in [1.82, 2.24) is 0 Å². The monoisotopic (exact) mass is 447 g/mol. The molecule has 156 valence electrons. The van der Waals surface area contributed by atoms with Crippen LogP contribution in [0, 0.1) is 0 Å². The van der Waals surface area contributed by atoms with Crippen molar-refractivity contribution in [1.29, 1.82) is 0 Å². The van der Waals surface area contributed by atoms with Gasteiger partial charge in [-0.1, -0.05) is 85.6 Å². The Bertz CT molecular complexity index is 1160. The summed E-state index contributed by atoms with van der Waals surface area (Å²) in [6, 6.07) is 23.5. The van der Waals surface area contributed by atoms with Crippen molar-refractivity contribution >= 4 is 46.6 Å². The number of carbonyl (C=O) groups excluding carboxylic acids is 1. The van der Waals surface area contributed by atoms with Crippen LogP contribution in [-0.2, 0) is 4.79 Å². The number of halogens is 2. The van der Waals surface area contributed by atoms with E-state index in [1.54, 1.807) is 17.0 Å². The van der Waals surface area contributed by atoms with Gasteiger partial charge in [0, 0.05) is 21.3 Å². The molecule has 0 bridgehead atoms. The minimum Gasteiger partial charge on any atom is -0.276 e. The summed E-state index contributed by atoms with van der Waals surface area (Å²) in [6.07, 6.45) is 4.81. The molecule has 1 aliphatic rings. The van der Waals surface area contributed by atoms with Crippen molar-refractivity contribution in [3.8, 4) is 0 Å². The van der Waals surface area contributed by atoms with Crippen LogP contribution in [-0.4, -0.2) is 5.91 Å². The number of rotatable bonds is 5.